The number of rotatable bonds is 14. The quantitative estimate of drug-likeness (QED) is 0.194. The summed E-state index contributed by atoms with van der Waals surface area (Å²) in [4.78, 5) is 40.7. The average molecular weight is 477 g/mol. The Morgan fingerprint density at radius 1 is 0.625 bits per heavy atom. The van der Waals surface area contributed by atoms with E-state index in [4.69, 9.17) is 25.0 Å². The van der Waals surface area contributed by atoms with Gasteiger partial charge in [0.15, 0.2) is 0 Å². The lowest BCUT2D eigenvalue weighted by Gasteiger charge is -2.05. The van der Waals surface area contributed by atoms with E-state index in [2.05, 4.69) is 0 Å². The monoisotopic (exact) mass is 476 g/mol. The first-order valence-electron chi connectivity index (χ1n) is 9.88. The smallest absolute Gasteiger partial charge is 0.337 e. The van der Waals surface area contributed by atoms with E-state index in [1.54, 1.807) is 0 Å². The molecule has 0 aromatic heterocycles. The molecular formula is C20H28O11S. The maximum Gasteiger partial charge on any atom is 0.337 e. The summed E-state index contributed by atoms with van der Waals surface area (Å²) < 4.78 is 30.6. The second-order valence-corrected chi connectivity index (χ2v) is 8.24. The second kappa shape index (κ2) is 14.9. The molecule has 1 rings (SSSR count). The van der Waals surface area contributed by atoms with E-state index >= 15 is 0 Å². The van der Waals surface area contributed by atoms with E-state index in [9.17, 15) is 27.6 Å². The normalized spacial score (nSPS) is 10.7. The minimum Gasteiger partial charge on any atom is -0.481 e. The van der Waals surface area contributed by atoms with Crippen molar-refractivity contribution in [2.75, 3.05) is 0 Å². The highest BCUT2D eigenvalue weighted by molar-refractivity contribution is 7.86. The molecule has 1 aromatic rings. The highest BCUT2D eigenvalue weighted by Crippen LogP contribution is 2.21. The number of benzene rings is 1. The van der Waals surface area contributed by atoms with Gasteiger partial charge in [0.25, 0.3) is 10.1 Å². The molecule has 0 spiro atoms. The van der Waals surface area contributed by atoms with Gasteiger partial charge in [-0.05, 0) is 25.0 Å². The third-order valence-electron chi connectivity index (χ3n) is 4.27. The van der Waals surface area contributed by atoms with Crippen LogP contribution in [0.1, 0.15) is 84.9 Å². The van der Waals surface area contributed by atoms with Crippen molar-refractivity contribution in [2.24, 2.45) is 0 Å². The molecule has 0 amide bonds. The minimum atomic E-state index is -4.92. The molecule has 0 atom stereocenters. The van der Waals surface area contributed by atoms with Crippen molar-refractivity contribution in [3.63, 3.8) is 0 Å². The van der Waals surface area contributed by atoms with Gasteiger partial charge in [-0.2, -0.15) is 8.42 Å². The highest BCUT2D eigenvalue weighted by atomic mass is 32.2. The van der Waals surface area contributed by atoms with E-state index < -0.39 is 50.0 Å². The fourth-order valence-corrected chi connectivity index (χ4v) is 3.63. The van der Waals surface area contributed by atoms with Gasteiger partial charge in [0, 0.05) is 12.8 Å². The predicted molar refractivity (Wildman–Crippen MR) is 112 cm³/mol. The van der Waals surface area contributed by atoms with E-state index in [0.29, 0.717) is 0 Å². The van der Waals surface area contributed by atoms with Crippen LogP contribution in [0.4, 0.5) is 0 Å². The number of hydrogen-bond acceptors (Lipinski definition) is 6. The molecule has 0 saturated heterocycles. The van der Waals surface area contributed by atoms with Crippen LogP contribution in [0.2, 0.25) is 0 Å². The van der Waals surface area contributed by atoms with Gasteiger partial charge in [-0.1, -0.05) is 44.6 Å². The second-order valence-electron chi connectivity index (χ2n) is 6.88. The van der Waals surface area contributed by atoms with Gasteiger partial charge in [0.1, 0.15) is 4.90 Å². The van der Waals surface area contributed by atoms with E-state index in [1.165, 1.54) is 0 Å². The summed E-state index contributed by atoms with van der Waals surface area (Å²) in [6, 6.07) is 2.84. The third kappa shape index (κ3) is 12.6. The summed E-state index contributed by atoms with van der Waals surface area (Å²) in [6.07, 6.45) is 8.51. The standard InChI is InChI=1S/C12H22O4.C8H6O7S/c13-11(14)9-7-5-3-1-2-4-6-8-10-12(15)16;9-7(10)4-2-1-3-5(8(11)12)6(4)16(13,14)15/h1-10H2,(H,13,14)(H,15,16);1-3H,(H,9,10)(H,11,12)(H,13,14,15). The Bertz CT molecular complexity index is 837. The molecule has 0 bridgehead atoms. The van der Waals surface area contributed by atoms with Gasteiger partial charge in [0.2, 0.25) is 0 Å². The van der Waals surface area contributed by atoms with Crippen LogP contribution in [0.3, 0.4) is 0 Å². The first kappa shape index (κ1) is 29.0. The molecular weight excluding hydrogens is 448 g/mol. The Hall–Kier alpha value is -2.99. The zero-order valence-electron chi connectivity index (χ0n) is 17.4. The van der Waals surface area contributed by atoms with Gasteiger partial charge in [-0.15, -0.1) is 0 Å². The van der Waals surface area contributed by atoms with Crippen molar-refractivity contribution in [1.82, 2.24) is 0 Å². The third-order valence-corrected chi connectivity index (χ3v) is 5.22. The van der Waals surface area contributed by atoms with Crippen LogP contribution in [0.5, 0.6) is 0 Å². The number of carboxylic acid groups (broad SMARTS) is 4. The lowest BCUT2D eigenvalue weighted by atomic mass is 10.1. The summed E-state index contributed by atoms with van der Waals surface area (Å²) in [6.45, 7) is 0. The molecule has 0 fully saturated rings. The highest BCUT2D eigenvalue weighted by Gasteiger charge is 2.27. The average Bonchev–Trinajstić information content (AvgIpc) is 2.68. The lowest BCUT2D eigenvalue weighted by molar-refractivity contribution is -0.138. The Labute approximate surface area is 185 Å². The van der Waals surface area contributed by atoms with Gasteiger partial charge in [-0.25, -0.2) is 9.59 Å². The van der Waals surface area contributed by atoms with Gasteiger partial charge in [-0.3, -0.25) is 14.1 Å². The number of aliphatic carboxylic acids is 2. The number of unbranched alkanes of at least 4 members (excludes halogenated alkanes) is 7. The molecule has 0 aliphatic heterocycles. The molecule has 0 unspecified atom stereocenters. The topological polar surface area (TPSA) is 204 Å². The van der Waals surface area contributed by atoms with E-state index in [1.807, 2.05) is 0 Å². The van der Waals surface area contributed by atoms with Crippen molar-refractivity contribution in [2.45, 2.75) is 69.1 Å². The van der Waals surface area contributed by atoms with Crippen LogP contribution >= 0.6 is 0 Å². The molecule has 0 saturated carbocycles. The SMILES string of the molecule is O=C(O)CCCCCCCCCCC(=O)O.O=C(O)c1cccc(C(=O)O)c1S(=O)(=O)O. The summed E-state index contributed by atoms with van der Waals surface area (Å²) in [7, 11) is -4.92. The Morgan fingerprint density at radius 3 is 1.19 bits per heavy atom. The van der Waals surface area contributed by atoms with Crippen molar-refractivity contribution < 1.29 is 52.6 Å². The molecule has 32 heavy (non-hydrogen) atoms. The molecule has 12 heteroatoms. The lowest BCUT2D eigenvalue weighted by Crippen LogP contribution is -2.14. The van der Waals surface area contributed by atoms with Gasteiger partial charge < -0.3 is 20.4 Å². The summed E-state index contributed by atoms with van der Waals surface area (Å²) in [5.41, 5.74) is -1.58. The van der Waals surface area contributed by atoms with Crippen molar-refractivity contribution in [3.8, 4) is 0 Å². The first-order chi connectivity index (χ1) is 14.9. The van der Waals surface area contributed by atoms with Crippen molar-refractivity contribution >= 4 is 34.0 Å². The number of aromatic carboxylic acids is 2. The van der Waals surface area contributed by atoms with Crippen molar-refractivity contribution in [1.29, 1.82) is 0 Å². The van der Waals surface area contributed by atoms with Crippen LogP contribution < -0.4 is 0 Å². The molecule has 0 aliphatic rings. The first-order valence-corrected chi connectivity index (χ1v) is 11.3. The molecule has 180 valence electrons. The summed E-state index contributed by atoms with van der Waals surface area (Å²) >= 11 is 0. The molecule has 1 aromatic carbocycles. The fourth-order valence-electron chi connectivity index (χ4n) is 2.76. The molecule has 0 aliphatic carbocycles. The largest absolute Gasteiger partial charge is 0.481 e. The number of carbonyl (C=O) groups is 4. The number of carboxylic acids is 4. The summed E-state index contributed by atoms with van der Waals surface area (Å²) in [5, 5.41) is 34.2. The van der Waals surface area contributed by atoms with E-state index in [0.717, 1.165) is 69.6 Å². The van der Waals surface area contributed by atoms with Crippen LogP contribution in [-0.2, 0) is 19.7 Å². The van der Waals surface area contributed by atoms with Crippen LogP contribution in [0, 0.1) is 0 Å². The maximum atomic E-state index is 10.9. The van der Waals surface area contributed by atoms with Crippen LogP contribution in [0.15, 0.2) is 23.1 Å². The summed E-state index contributed by atoms with van der Waals surface area (Å²) in [5.74, 6) is -4.71. The Kier molecular flexibility index (Phi) is 13.5. The van der Waals surface area contributed by atoms with Gasteiger partial charge in [0.05, 0.1) is 11.1 Å². The Morgan fingerprint density at radius 2 is 0.938 bits per heavy atom. The molecule has 11 nitrogen and oxygen atoms in total. The number of hydrogen-bond donors (Lipinski definition) is 5. The predicted octanol–water partition coefficient (Wildman–Crippen LogP) is 3.39. The van der Waals surface area contributed by atoms with Gasteiger partial charge >= 0.3 is 23.9 Å². The zero-order chi connectivity index (χ0) is 24.7. The molecule has 5 N–H and O–H groups in total. The maximum absolute atomic E-state index is 10.9. The molecule has 0 heterocycles. The van der Waals surface area contributed by atoms with E-state index in [-0.39, 0.29) is 12.8 Å². The molecule has 0 radical (unpaired) electrons. The fraction of sp³-hybridized carbons (Fsp3) is 0.500. The Balaban J connectivity index is 0.000000601. The van der Waals surface area contributed by atoms with Crippen molar-refractivity contribution in [3.05, 3.63) is 29.3 Å². The van der Waals surface area contributed by atoms with Crippen LogP contribution in [0.25, 0.3) is 0 Å². The zero-order valence-corrected chi connectivity index (χ0v) is 18.2. The minimum absolute atomic E-state index is 0.276. The van der Waals surface area contributed by atoms with Crippen LogP contribution in [-0.4, -0.2) is 57.3 Å².